The molecule has 114 valence electrons. The van der Waals surface area contributed by atoms with E-state index in [0.29, 0.717) is 18.2 Å². The summed E-state index contributed by atoms with van der Waals surface area (Å²) in [7, 11) is 2.01. The second kappa shape index (κ2) is 7.49. The molecule has 0 amide bonds. The Morgan fingerprint density at radius 1 is 1.38 bits per heavy atom. The van der Waals surface area contributed by atoms with Crippen LogP contribution in [0.15, 0.2) is 40.2 Å². The minimum Gasteiger partial charge on any atom is -0.329 e. The Bertz CT molecular complexity index is 574. The van der Waals surface area contributed by atoms with Crippen molar-refractivity contribution in [2.75, 3.05) is 13.6 Å². The van der Waals surface area contributed by atoms with Crippen LogP contribution >= 0.6 is 27.3 Å². The van der Waals surface area contributed by atoms with Crippen molar-refractivity contribution < 1.29 is 4.39 Å². The van der Waals surface area contributed by atoms with Crippen molar-refractivity contribution in [1.82, 2.24) is 4.90 Å². The Morgan fingerprint density at radius 2 is 2.14 bits per heavy atom. The molecule has 0 saturated carbocycles. The van der Waals surface area contributed by atoms with Gasteiger partial charge in [-0.1, -0.05) is 28.1 Å². The molecule has 2 unspecified atom stereocenters. The van der Waals surface area contributed by atoms with Crippen LogP contribution in [-0.2, 0) is 6.42 Å². The number of rotatable bonds is 6. The summed E-state index contributed by atoms with van der Waals surface area (Å²) < 4.78 is 14.9. The highest BCUT2D eigenvalue weighted by atomic mass is 79.9. The fourth-order valence-corrected chi connectivity index (χ4v) is 3.62. The van der Waals surface area contributed by atoms with E-state index in [2.05, 4.69) is 45.3 Å². The van der Waals surface area contributed by atoms with E-state index in [4.69, 9.17) is 5.73 Å². The summed E-state index contributed by atoms with van der Waals surface area (Å²) in [6, 6.07) is 9.53. The molecule has 0 aliphatic heterocycles. The Hall–Kier alpha value is -0.750. The number of nitrogens with zero attached hydrogens (tertiary/aromatic N) is 1. The Morgan fingerprint density at radius 3 is 2.71 bits per heavy atom. The van der Waals surface area contributed by atoms with E-state index in [1.165, 1.54) is 10.9 Å². The van der Waals surface area contributed by atoms with Gasteiger partial charge in [-0.25, -0.2) is 4.39 Å². The van der Waals surface area contributed by atoms with E-state index in [9.17, 15) is 4.39 Å². The number of thiophene rings is 1. The lowest BCUT2D eigenvalue weighted by atomic mass is 10.0. The van der Waals surface area contributed by atoms with Crippen molar-refractivity contribution in [3.63, 3.8) is 0 Å². The van der Waals surface area contributed by atoms with Crippen LogP contribution in [0.25, 0.3) is 0 Å². The van der Waals surface area contributed by atoms with Crippen LogP contribution in [0.1, 0.15) is 23.4 Å². The second-order valence-electron chi connectivity index (χ2n) is 5.22. The molecule has 2 aromatic rings. The van der Waals surface area contributed by atoms with Crippen molar-refractivity contribution in [3.8, 4) is 0 Å². The summed E-state index contributed by atoms with van der Waals surface area (Å²) in [6.07, 6.45) is 0.947. The first-order chi connectivity index (χ1) is 10.0. The molecule has 0 aliphatic carbocycles. The van der Waals surface area contributed by atoms with Gasteiger partial charge < -0.3 is 5.73 Å². The zero-order chi connectivity index (χ0) is 15.4. The standard InChI is InChI=1S/C16H20BrFN2S/c1-11(8-13-4-3-7-21-13)20(2)16(10-19)14-6-5-12(17)9-15(14)18/h3-7,9,11,16H,8,10,19H2,1-2H3. The lowest BCUT2D eigenvalue weighted by Crippen LogP contribution is -2.38. The normalized spacial score (nSPS) is 14.4. The van der Waals surface area contributed by atoms with Gasteiger partial charge in [0.1, 0.15) is 5.82 Å². The summed E-state index contributed by atoms with van der Waals surface area (Å²) in [5.41, 5.74) is 6.56. The third-order valence-corrected chi connectivity index (χ3v) is 5.20. The van der Waals surface area contributed by atoms with Crippen LogP contribution < -0.4 is 5.73 Å². The van der Waals surface area contributed by atoms with Crippen LogP contribution in [0, 0.1) is 5.82 Å². The van der Waals surface area contributed by atoms with Gasteiger partial charge in [0, 0.05) is 33.5 Å². The van der Waals surface area contributed by atoms with Crippen molar-refractivity contribution >= 4 is 27.3 Å². The zero-order valence-corrected chi connectivity index (χ0v) is 14.6. The van der Waals surface area contributed by atoms with Gasteiger partial charge in [-0.2, -0.15) is 0 Å². The average molecular weight is 371 g/mol. The van der Waals surface area contributed by atoms with E-state index in [1.807, 2.05) is 19.2 Å². The van der Waals surface area contributed by atoms with Crippen LogP contribution in [-0.4, -0.2) is 24.5 Å². The molecule has 1 heterocycles. The van der Waals surface area contributed by atoms with Gasteiger partial charge in [-0.15, -0.1) is 11.3 Å². The highest BCUT2D eigenvalue weighted by Crippen LogP contribution is 2.27. The molecule has 0 aliphatic rings. The highest BCUT2D eigenvalue weighted by Gasteiger charge is 2.23. The molecule has 1 aromatic carbocycles. The minimum atomic E-state index is -0.213. The monoisotopic (exact) mass is 370 g/mol. The molecule has 0 bridgehead atoms. The number of hydrogen-bond donors (Lipinski definition) is 1. The van der Waals surface area contributed by atoms with E-state index in [0.717, 1.165) is 10.9 Å². The van der Waals surface area contributed by atoms with Gasteiger partial charge in [0.05, 0.1) is 0 Å². The predicted molar refractivity (Wildman–Crippen MR) is 91.1 cm³/mol. The van der Waals surface area contributed by atoms with Gasteiger partial charge >= 0.3 is 0 Å². The van der Waals surface area contributed by atoms with Crippen molar-refractivity contribution in [3.05, 3.63) is 56.4 Å². The maximum Gasteiger partial charge on any atom is 0.129 e. The first-order valence-corrected chi connectivity index (χ1v) is 8.59. The largest absolute Gasteiger partial charge is 0.329 e. The van der Waals surface area contributed by atoms with Crippen LogP contribution in [0.2, 0.25) is 0 Å². The molecule has 2 rings (SSSR count). The fourth-order valence-electron chi connectivity index (χ4n) is 2.46. The van der Waals surface area contributed by atoms with E-state index in [-0.39, 0.29) is 11.9 Å². The van der Waals surface area contributed by atoms with E-state index >= 15 is 0 Å². The third-order valence-electron chi connectivity index (χ3n) is 3.81. The maximum absolute atomic E-state index is 14.2. The molecule has 0 spiro atoms. The summed E-state index contributed by atoms with van der Waals surface area (Å²) in [5.74, 6) is -0.213. The summed E-state index contributed by atoms with van der Waals surface area (Å²) >= 11 is 5.04. The Balaban J connectivity index is 2.15. The zero-order valence-electron chi connectivity index (χ0n) is 12.2. The van der Waals surface area contributed by atoms with Crippen LogP contribution in [0.3, 0.4) is 0 Å². The minimum absolute atomic E-state index is 0.118. The number of likely N-dealkylation sites (N-methyl/N-ethyl adjacent to an activating group) is 1. The Labute approximate surface area is 137 Å². The quantitative estimate of drug-likeness (QED) is 0.824. The van der Waals surface area contributed by atoms with Gasteiger partial charge in [0.15, 0.2) is 0 Å². The molecule has 0 saturated heterocycles. The predicted octanol–water partition coefficient (Wildman–Crippen LogP) is 4.21. The van der Waals surface area contributed by atoms with Gasteiger partial charge in [0.25, 0.3) is 0 Å². The molecule has 2 nitrogen and oxygen atoms in total. The number of benzene rings is 1. The van der Waals surface area contributed by atoms with Gasteiger partial charge in [-0.05, 0) is 44.0 Å². The van der Waals surface area contributed by atoms with Crippen molar-refractivity contribution in [1.29, 1.82) is 0 Å². The highest BCUT2D eigenvalue weighted by molar-refractivity contribution is 9.10. The topological polar surface area (TPSA) is 29.3 Å². The second-order valence-corrected chi connectivity index (χ2v) is 7.16. The Kier molecular flexibility index (Phi) is 5.93. The summed E-state index contributed by atoms with van der Waals surface area (Å²) in [5, 5.41) is 2.08. The molecule has 1 aromatic heterocycles. The smallest absolute Gasteiger partial charge is 0.129 e. The van der Waals surface area contributed by atoms with Gasteiger partial charge in [0.2, 0.25) is 0 Å². The molecule has 0 radical (unpaired) electrons. The molecule has 2 atom stereocenters. The molecule has 21 heavy (non-hydrogen) atoms. The number of nitrogens with two attached hydrogens (primary N) is 1. The van der Waals surface area contributed by atoms with Crippen molar-refractivity contribution in [2.45, 2.75) is 25.4 Å². The number of hydrogen-bond acceptors (Lipinski definition) is 3. The molecule has 5 heteroatoms. The molecule has 0 fully saturated rings. The van der Waals surface area contributed by atoms with Crippen LogP contribution in [0.4, 0.5) is 4.39 Å². The first kappa shape index (κ1) is 16.6. The summed E-state index contributed by atoms with van der Waals surface area (Å²) in [6.45, 7) is 2.54. The molecular formula is C16H20BrFN2S. The number of halogens is 2. The fraction of sp³-hybridized carbons (Fsp3) is 0.375. The lowest BCUT2D eigenvalue weighted by Gasteiger charge is -2.33. The lowest BCUT2D eigenvalue weighted by molar-refractivity contribution is 0.185. The summed E-state index contributed by atoms with van der Waals surface area (Å²) in [4.78, 5) is 3.49. The van der Waals surface area contributed by atoms with Crippen LogP contribution in [0.5, 0.6) is 0 Å². The molecular weight excluding hydrogens is 351 g/mol. The third kappa shape index (κ3) is 4.13. The first-order valence-electron chi connectivity index (χ1n) is 6.92. The van der Waals surface area contributed by atoms with E-state index < -0.39 is 0 Å². The maximum atomic E-state index is 14.2. The van der Waals surface area contributed by atoms with Crippen molar-refractivity contribution in [2.24, 2.45) is 5.73 Å². The average Bonchev–Trinajstić information content (AvgIpc) is 2.94. The SMILES string of the molecule is CC(Cc1cccs1)N(C)C(CN)c1ccc(Br)cc1F. The van der Waals surface area contributed by atoms with Gasteiger partial charge in [-0.3, -0.25) is 4.90 Å². The molecule has 2 N–H and O–H groups in total. The van der Waals surface area contributed by atoms with E-state index in [1.54, 1.807) is 11.3 Å².